The molecule has 0 saturated carbocycles. The van der Waals surface area contributed by atoms with Gasteiger partial charge in [0.1, 0.15) is 11.5 Å². The highest BCUT2D eigenvalue weighted by molar-refractivity contribution is 6.32. The van der Waals surface area contributed by atoms with Crippen molar-refractivity contribution in [2.24, 2.45) is 0 Å². The second-order valence-electron chi connectivity index (χ2n) is 7.49. The predicted octanol–water partition coefficient (Wildman–Crippen LogP) is 4.13. The SMILES string of the molecule is COc1cc(OC)c(NC(=O)CN2CCN(Cc3cccc(C(F)(F)F)c3)CC2)cc1Cl. The standard InChI is InChI=1S/C22H25ClF3N3O3/c1-31-19-12-20(32-2)18(11-17(19)23)27-21(30)14-29-8-6-28(7-9-29)13-15-4-3-5-16(10-15)22(24,25)26/h3-5,10-12H,6-9,13-14H2,1-2H3,(H,27,30). The van der Waals surface area contributed by atoms with E-state index in [1.807, 2.05) is 4.90 Å². The number of rotatable bonds is 7. The van der Waals surface area contributed by atoms with Gasteiger partial charge in [-0.05, 0) is 17.7 Å². The number of carbonyl (C=O) groups is 1. The molecule has 174 valence electrons. The van der Waals surface area contributed by atoms with Gasteiger partial charge in [0.25, 0.3) is 0 Å². The van der Waals surface area contributed by atoms with Gasteiger partial charge in [0, 0.05) is 38.8 Å². The monoisotopic (exact) mass is 471 g/mol. The Kier molecular flexibility index (Phi) is 7.86. The average molecular weight is 472 g/mol. The van der Waals surface area contributed by atoms with E-state index in [0.29, 0.717) is 60.5 Å². The molecule has 1 heterocycles. The summed E-state index contributed by atoms with van der Waals surface area (Å²) < 4.78 is 49.2. The molecule has 0 aromatic heterocycles. The highest BCUT2D eigenvalue weighted by Crippen LogP contribution is 2.36. The third kappa shape index (κ3) is 6.27. The number of piperazine rings is 1. The van der Waals surface area contributed by atoms with E-state index in [9.17, 15) is 18.0 Å². The lowest BCUT2D eigenvalue weighted by Crippen LogP contribution is -2.48. The summed E-state index contributed by atoms with van der Waals surface area (Å²) in [4.78, 5) is 16.6. The number of benzene rings is 2. The van der Waals surface area contributed by atoms with Gasteiger partial charge in [0.2, 0.25) is 5.91 Å². The molecule has 10 heteroatoms. The molecule has 0 radical (unpaired) electrons. The smallest absolute Gasteiger partial charge is 0.416 e. The molecule has 1 aliphatic rings. The fraction of sp³-hybridized carbons (Fsp3) is 0.409. The van der Waals surface area contributed by atoms with E-state index in [1.165, 1.54) is 26.4 Å². The molecule has 6 nitrogen and oxygen atoms in total. The fourth-order valence-electron chi connectivity index (χ4n) is 3.56. The largest absolute Gasteiger partial charge is 0.495 e. The van der Waals surface area contributed by atoms with Gasteiger partial charge in [-0.1, -0.05) is 29.8 Å². The number of hydrogen-bond donors (Lipinski definition) is 1. The molecule has 0 unspecified atom stereocenters. The van der Waals surface area contributed by atoms with E-state index in [0.717, 1.165) is 6.07 Å². The number of amides is 1. The van der Waals surface area contributed by atoms with Crippen LogP contribution in [0.2, 0.25) is 5.02 Å². The Labute approximate surface area is 189 Å². The zero-order valence-corrected chi connectivity index (χ0v) is 18.6. The number of hydrogen-bond acceptors (Lipinski definition) is 5. The Hall–Kier alpha value is -2.49. The number of methoxy groups -OCH3 is 2. The lowest BCUT2D eigenvalue weighted by molar-refractivity contribution is -0.137. The molecular formula is C22H25ClF3N3O3. The third-order valence-electron chi connectivity index (χ3n) is 5.24. The van der Waals surface area contributed by atoms with E-state index in [2.05, 4.69) is 10.2 Å². The van der Waals surface area contributed by atoms with Gasteiger partial charge in [-0.2, -0.15) is 13.2 Å². The molecule has 1 amide bonds. The van der Waals surface area contributed by atoms with E-state index in [4.69, 9.17) is 21.1 Å². The van der Waals surface area contributed by atoms with E-state index >= 15 is 0 Å². The van der Waals surface area contributed by atoms with Crippen LogP contribution in [-0.2, 0) is 17.5 Å². The quantitative estimate of drug-likeness (QED) is 0.658. The first-order valence-corrected chi connectivity index (χ1v) is 10.4. The molecule has 0 aliphatic carbocycles. The highest BCUT2D eigenvalue weighted by atomic mass is 35.5. The summed E-state index contributed by atoms with van der Waals surface area (Å²) in [6.07, 6.45) is -4.35. The molecule has 32 heavy (non-hydrogen) atoms. The number of carbonyl (C=O) groups excluding carboxylic acids is 1. The Morgan fingerprint density at radius 2 is 1.69 bits per heavy atom. The van der Waals surface area contributed by atoms with Crippen LogP contribution in [0.25, 0.3) is 0 Å². The van der Waals surface area contributed by atoms with Crippen LogP contribution in [0.4, 0.5) is 18.9 Å². The topological polar surface area (TPSA) is 54.0 Å². The Balaban J connectivity index is 1.51. The van der Waals surface area contributed by atoms with Crippen molar-refractivity contribution in [2.75, 3.05) is 52.3 Å². The molecule has 1 fully saturated rings. The van der Waals surface area contributed by atoms with Crippen molar-refractivity contribution in [2.45, 2.75) is 12.7 Å². The van der Waals surface area contributed by atoms with Crippen LogP contribution in [0.3, 0.4) is 0 Å². The summed E-state index contributed by atoms with van der Waals surface area (Å²) in [6, 6.07) is 8.56. The molecule has 2 aromatic carbocycles. The summed E-state index contributed by atoms with van der Waals surface area (Å²) in [6.45, 7) is 3.19. The van der Waals surface area contributed by atoms with E-state index in [-0.39, 0.29) is 12.5 Å². The van der Waals surface area contributed by atoms with Crippen LogP contribution < -0.4 is 14.8 Å². The molecule has 1 saturated heterocycles. The van der Waals surface area contributed by atoms with Gasteiger partial charge in [-0.25, -0.2) is 0 Å². The maximum atomic E-state index is 12.9. The average Bonchev–Trinajstić information content (AvgIpc) is 2.75. The van der Waals surface area contributed by atoms with E-state index < -0.39 is 11.7 Å². The normalized spacial score (nSPS) is 15.4. The second-order valence-corrected chi connectivity index (χ2v) is 7.89. The highest BCUT2D eigenvalue weighted by Gasteiger charge is 2.30. The fourth-order valence-corrected chi connectivity index (χ4v) is 3.80. The summed E-state index contributed by atoms with van der Waals surface area (Å²) in [5.41, 5.74) is 0.431. The van der Waals surface area contributed by atoms with Crippen LogP contribution in [0, 0.1) is 0 Å². The van der Waals surface area contributed by atoms with Gasteiger partial charge in [0.15, 0.2) is 0 Å². The molecule has 3 rings (SSSR count). The number of halogens is 4. The lowest BCUT2D eigenvalue weighted by Gasteiger charge is -2.34. The van der Waals surface area contributed by atoms with Crippen LogP contribution in [0.15, 0.2) is 36.4 Å². The molecule has 1 N–H and O–H groups in total. The molecule has 0 bridgehead atoms. The van der Waals surface area contributed by atoms with Gasteiger partial charge in [0.05, 0.1) is 37.0 Å². The van der Waals surface area contributed by atoms with Crippen molar-refractivity contribution in [3.05, 3.63) is 52.5 Å². The Morgan fingerprint density at radius 3 is 2.31 bits per heavy atom. The molecule has 1 aliphatic heterocycles. The predicted molar refractivity (Wildman–Crippen MR) is 116 cm³/mol. The van der Waals surface area contributed by atoms with Crippen molar-refractivity contribution in [1.82, 2.24) is 9.80 Å². The minimum absolute atomic E-state index is 0.185. The zero-order chi connectivity index (χ0) is 23.3. The van der Waals surface area contributed by atoms with Gasteiger partial charge in [-0.15, -0.1) is 0 Å². The van der Waals surface area contributed by atoms with Crippen LogP contribution >= 0.6 is 11.6 Å². The zero-order valence-electron chi connectivity index (χ0n) is 17.8. The maximum absolute atomic E-state index is 12.9. The number of anilines is 1. The van der Waals surface area contributed by atoms with Crippen LogP contribution in [-0.4, -0.2) is 62.7 Å². The third-order valence-corrected chi connectivity index (χ3v) is 5.54. The number of ether oxygens (including phenoxy) is 2. The van der Waals surface area contributed by atoms with Crippen molar-refractivity contribution >= 4 is 23.2 Å². The molecular weight excluding hydrogens is 447 g/mol. The molecule has 0 atom stereocenters. The van der Waals surface area contributed by atoms with Crippen LogP contribution in [0.1, 0.15) is 11.1 Å². The van der Waals surface area contributed by atoms with Crippen molar-refractivity contribution in [3.8, 4) is 11.5 Å². The lowest BCUT2D eigenvalue weighted by atomic mass is 10.1. The Bertz CT molecular complexity index is 948. The summed E-state index contributed by atoms with van der Waals surface area (Å²) in [5, 5.41) is 3.16. The minimum Gasteiger partial charge on any atom is -0.495 e. The first-order chi connectivity index (χ1) is 15.2. The van der Waals surface area contributed by atoms with Gasteiger partial charge < -0.3 is 14.8 Å². The number of nitrogens with zero attached hydrogens (tertiary/aromatic N) is 2. The second kappa shape index (κ2) is 10.4. The first-order valence-electron chi connectivity index (χ1n) is 10.0. The van der Waals surface area contributed by atoms with Gasteiger partial charge in [-0.3, -0.25) is 14.6 Å². The summed E-state index contributed by atoms with van der Waals surface area (Å²) >= 11 is 6.14. The first kappa shape index (κ1) is 24.2. The van der Waals surface area contributed by atoms with E-state index in [1.54, 1.807) is 18.2 Å². The molecule has 0 spiro atoms. The summed E-state index contributed by atoms with van der Waals surface area (Å²) in [7, 11) is 2.98. The van der Waals surface area contributed by atoms with Crippen molar-refractivity contribution in [3.63, 3.8) is 0 Å². The van der Waals surface area contributed by atoms with Gasteiger partial charge >= 0.3 is 6.18 Å². The van der Waals surface area contributed by atoms with Crippen molar-refractivity contribution < 1.29 is 27.4 Å². The number of alkyl halides is 3. The maximum Gasteiger partial charge on any atom is 0.416 e. The minimum atomic E-state index is -4.35. The summed E-state index contributed by atoms with van der Waals surface area (Å²) in [5.74, 6) is 0.666. The van der Waals surface area contributed by atoms with Crippen LogP contribution in [0.5, 0.6) is 11.5 Å². The molecule has 2 aromatic rings. The van der Waals surface area contributed by atoms with Crippen molar-refractivity contribution in [1.29, 1.82) is 0 Å². The Morgan fingerprint density at radius 1 is 1.03 bits per heavy atom. The number of nitrogens with one attached hydrogen (secondary N) is 1.